The average molecular weight is 429 g/mol. The van der Waals surface area contributed by atoms with Gasteiger partial charge in [-0.05, 0) is 30.0 Å². The lowest BCUT2D eigenvalue weighted by Crippen LogP contribution is -2.59. The molecular weight excluding hydrogens is 400 g/mol. The van der Waals surface area contributed by atoms with Crippen LogP contribution in [-0.2, 0) is 11.2 Å². The van der Waals surface area contributed by atoms with Crippen LogP contribution in [0.15, 0.2) is 67.0 Å². The van der Waals surface area contributed by atoms with Crippen molar-refractivity contribution in [3.8, 4) is 11.1 Å². The summed E-state index contributed by atoms with van der Waals surface area (Å²) in [6.45, 7) is 5.62. The van der Waals surface area contributed by atoms with E-state index in [9.17, 15) is 9.59 Å². The van der Waals surface area contributed by atoms with Gasteiger partial charge in [0.1, 0.15) is 11.7 Å². The summed E-state index contributed by atoms with van der Waals surface area (Å²) in [6, 6.07) is 17.8. The van der Waals surface area contributed by atoms with Gasteiger partial charge < -0.3 is 9.80 Å². The topological polar surface area (TPSA) is 66.4 Å². The van der Waals surface area contributed by atoms with Gasteiger partial charge in [-0.15, -0.1) is 0 Å². The Morgan fingerprint density at radius 1 is 1.00 bits per heavy atom. The molecule has 0 radical (unpaired) electrons. The molecule has 4 rings (SSSR count). The van der Waals surface area contributed by atoms with Gasteiger partial charge in [0.2, 0.25) is 5.91 Å². The van der Waals surface area contributed by atoms with E-state index in [-0.39, 0.29) is 17.5 Å². The van der Waals surface area contributed by atoms with Crippen LogP contribution < -0.4 is 0 Å². The summed E-state index contributed by atoms with van der Waals surface area (Å²) < 4.78 is 0. The maximum Gasteiger partial charge on any atom is 0.274 e. The molecule has 1 aliphatic heterocycles. The molecule has 1 aromatic heterocycles. The van der Waals surface area contributed by atoms with Gasteiger partial charge in [-0.1, -0.05) is 61.5 Å². The minimum Gasteiger partial charge on any atom is -0.339 e. The first-order chi connectivity index (χ1) is 15.6. The number of nitrogens with zero attached hydrogens (tertiary/aromatic N) is 4. The van der Waals surface area contributed by atoms with Crippen LogP contribution in [0.25, 0.3) is 11.1 Å². The van der Waals surface area contributed by atoms with Crippen LogP contribution in [0.2, 0.25) is 0 Å². The predicted octanol–water partition coefficient (Wildman–Crippen LogP) is 3.76. The molecule has 2 amide bonds. The summed E-state index contributed by atoms with van der Waals surface area (Å²) in [6.07, 6.45) is 4.43. The Balaban J connectivity index is 1.63. The van der Waals surface area contributed by atoms with Crippen molar-refractivity contribution < 1.29 is 9.59 Å². The highest BCUT2D eigenvalue weighted by Gasteiger charge is 2.38. The van der Waals surface area contributed by atoms with Crippen LogP contribution in [0.3, 0.4) is 0 Å². The normalized spacial score (nSPS) is 16.3. The first-order valence-electron chi connectivity index (χ1n) is 11.1. The Labute approximate surface area is 188 Å². The summed E-state index contributed by atoms with van der Waals surface area (Å²) in [7, 11) is 0. The molecule has 3 aromatic rings. The molecule has 0 N–H and O–H groups in total. The molecule has 2 heterocycles. The van der Waals surface area contributed by atoms with Crippen LogP contribution >= 0.6 is 0 Å². The second kappa shape index (κ2) is 9.73. The van der Waals surface area contributed by atoms with Gasteiger partial charge in [0.15, 0.2) is 0 Å². The molecule has 32 heavy (non-hydrogen) atoms. The number of hydrogen-bond acceptors (Lipinski definition) is 4. The van der Waals surface area contributed by atoms with E-state index < -0.39 is 6.04 Å². The summed E-state index contributed by atoms with van der Waals surface area (Å²) in [5, 5.41) is 0. The van der Waals surface area contributed by atoms with Crippen molar-refractivity contribution in [1.82, 2.24) is 19.8 Å². The van der Waals surface area contributed by atoms with E-state index >= 15 is 0 Å². The Bertz CT molecular complexity index is 1080. The summed E-state index contributed by atoms with van der Waals surface area (Å²) in [5.41, 5.74) is 4.27. The van der Waals surface area contributed by atoms with Gasteiger partial charge in [-0.2, -0.15) is 0 Å². The number of piperazine rings is 1. The largest absolute Gasteiger partial charge is 0.339 e. The molecule has 0 saturated carbocycles. The van der Waals surface area contributed by atoms with Crippen molar-refractivity contribution in [1.29, 1.82) is 0 Å². The molecule has 1 saturated heterocycles. The Kier molecular flexibility index (Phi) is 6.59. The van der Waals surface area contributed by atoms with Crippen molar-refractivity contribution in [3.05, 3.63) is 83.9 Å². The highest BCUT2D eigenvalue weighted by atomic mass is 16.2. The number of aryl methyl sites for hydroxylation is 1. The molecule has 2 aromatic carbocycles. The molecule has 1 fully saturated rings. The maximum atomic E-state index is 13.4. The van der Waals surface area contributed by atoms with Gasteiger partial charge in [0, 0.05) is 32.3 Å². The molecule has 0 bridgehead atoms. The summed E-state index contributed by atoms with van der Waals surface area (Å²) in [4.78, 5) is 38.6. The minimum atomic E-state index is -0.558. The lowest BCUT2D eigenvalue weighted by molar-refractivity contribution is -0.140. The third-order valence-electron chi connectivity index (χ3n) is 5.80. The van der Waals surface area contributed by atoms with Crippen LogP contribution in [-0.4, -0.2) is 57.3 Å². The first-order valence-corrected chi connectivity index (χ1v) is 11.1. The van der Waals surface area contributed by atoms with Gasteiger partial charge in [-0.25, -0.2) is 4.98 Å². The number of hydrogen-bond donors (Lipinski definition) is 0. The maximum absolute atomic E-state index is 13.4. The number of benzene rings is 2. The van der Waals surface area contributed by atoms with E-state index in [2.05, 4.69) is 41.2 Å². The van der Waals surface area contributed by atoms with E-state index in [0.717, 1.165) is 28.8 Å². The predicted molar refractivity (Wildman–Crippen MR) is 124 cm³/mol. The van der Waals surface area contributed by atoms with Crippen molar-refractivity contribution in [2.75, 3.05) is 19.6 Å². The van der Waals surface area contributed by atoms with E-state index in [4.69, 9.17) is 0 Å². The number of carbonyl (C=O) groups excluding carboxylic acids is 2. The molecule has 1 aliphatic rings. The second-order valence-corrected chi connectivity index (χ2v) is 8.15. The van der Waals surface area contributed by atoms with Gasteiger partial charge in [0.25, 0.3) is 5.91 Å². The zero-order valence-electron chi connectivity index (χ0n) is 18.6. The minimum absolute atomic E-state index is 0.00312. The van der Waals surface area contributed by atoms with E-state index in [1.165, 1.54) is 6.20 Å². The summed E-state index contributed by atoms with van der Waals surface area (Å²) in [5.74, 6) is -0.247. The first kappa shape index (κ1) is 21.7. The van der Waals surface area contributed by atoms with Crippen LogP contribution in [0.1, 0.15) is 35.1 Å². The quantitative estimate of drug-likeness (QED) is 0.600. The second-order valence-electron chi connectivity index (χ2n) is 8.15. The number of rotatable bonds is 6. The van der Waals surface area contributed by atoms with E-state index in [0.29, 0.717) is 26.1 Å². The Hall–Kier alpha value is -3.54. The van der Waals surface area contributed by atoms with Crippen LogP contribution in [0, 0.1) is 6.92 Å². The van der Waals surface area contributed by atoms with Gasteiger partial charge >= 0.3 is 0 Å². The fourth-order valence-electron chi connectivity index (χ4n) is 4.15. The number of aromatic nitrogens is 2. The summed E-state index contributed by atoms with van der Waals surface area (Å²) >= 11 is 0. The monoisotopic (exact) mass is 428 g/mol. The number of carbonyl (C=O) groups is 2. The van der Waals surface area contributed by atoms with Gasteiger partial charge in [-0.3, -0.25) is 14.6 Å². The third kappa shape index (κ3) is 4.69. The zero-order valence-corrected chi connectivity index (χ0v) is 18.6. The van der Waals surface area contributed by atoms with Crippen LogP contribution in [0.4, 0.5) is 0 Å². The molecule has 164 valence electrons. The highest BCUT2D eigenvalue weighted by molar-refractivity contribution is 5.96. The zero-order chi connectivity index (χ0) is 22.5. The molecule has 0 aliphatic carbocycles. The molecule has 6 heteroatoms. The lowest BCUT2D eigenvalue weighted by atomic mass is 9.97. The van der Waals surface area contributed by atoms with Crippen molar-refractivity contribution >= 4 is 11.8 Å². The van der Waals surface area contributed by atoms with Gasteiger partial charge in [0.05, 0.1) is 11.9 Å². The SMILES string of the molecule is CCCN1CCN(C(=O)c2cnc(C)cn2)[C@@H](Cc2cccc(-c3ccccc3)c2)C1=O. The fraction of sp³-hybridized carbons (Fsp3) is 0.308. The third-order valence-corrected chi connectivity index (χ3v) is 5.80. The van der Waals surface area contributed by atoms with Crippen LogP contribution in [0.5, 0.6) is 0 Å². The molecular formula is C26H28N4O2. The lowest BCUT2D eigenvalue weighted by Gasteiger charge is -2.40. The molecule has 0 unspecified atom stereocenters. The van der Waals surface area contributed by atoms with E-state index in [1.54, 1.807) is 11.1 Å². The van der Waals surface area contributed by atoms with Crippen molar-refractivity contribution in [3.63, 3.8) is 0 Å². The number of amides is 2. The molecule has 0 spiro atoms. The van der Waals surface area contributed by atoms with Crippen molar-refractivity contribution in [2.24, 2.45) is 0 Å². The molecule has 1 atom stereocenters. The Morgan fingerprint density at radius 3 is 2.50 bits per heavy atom. The van der Waals surface area contributed by atoms with E-state index in [1.807, 2.05) is 42.2 Å². The standard InChI is InChI=1S/C26H28N4O2/c1-3-12-29-13-14-30(25(31)23-18-27-19(2)17-28-23)24(26(29)32)16-20-8-7-11-22(15-20)21-9-5-4-6-10-21/h4-11,15,17-18,24H,3,12-14,16H2,1-2H3/t24-/m0/s1. The highest BCUT2D eigenvalue weighted by Crippen LogP contribution is 2.23. The fourth-order valence-corrected chi connectivity index (χ4v) is 4.15. The Morgan fingerprint density at radius 2 is 1.78 bits per heavy atom. The molecule has 6 nitrogen and oxygen atoms in total. The average Bonchev–Trinajstić information content (AvgIpc) is 2.83. The van der Waals surface area contributed by atoms with Crippen molar-refractivity contribution in [2.45, 2.75) is 32.7 Å². The smallest absolute Gasteiger partial charge is 0.274 e.